The Morgan fingerprint density at radius 3 is 2.57 bits per heavy atom. The average molecular weight is 340 g/mol. The van der Waals surface area contributed by atoms with E-state index in [0.717, 1.165) is 11.3 Å². The number of hydrogen-bond donors (Lipinski definition) is 1. The van der Waals surface area contributed by atoms with Crippen LogP contribution in [0, 0.1) is 0 Å². The predicted molar refractivity (Wildman–Crippen MR) is 90.4 cm³/mol. The van der Waals surface area contributed by atoms with Crippen molar-refractivity contribution in [3.8, 4) is 0 Å². The summed E-state index contributed by atoms with van der Waals surface area (Å²) in [7, 11) is 2.06. The van der Waals surface area contributed by atoms with E-state index >= 15 is 0 Å². The highest BCUT2D eigenvalue weighted by Crippen LogP contribution is 2.24. The summed E-state index contributed by atoms with van der Waals surface area (Å²) in [5, 5.41) is 2.63. The van der Waals surface area contributed by atoms with Crippen LogP contribution >= 0.6 is 0 Å². The monoisotopic (exact) mass is 340 g/mol. The zero-order chi connectivity index (χ0) is 17.2. The number of pyridine rings is 1. The summed E-state index contributed by atoms with van der Waals surface area (Å²) in [6.07, 6.45) is 1.13. The average Bonchev–Trinajstić information content (AvgIpc) is 2.75. The maximum absolute atomic E-state index is 12.1. The van der Waals surface area contributed by atoms with E-state index in [2.05, 4.69) is 10.3 Å². The summed E-state index contributed by atoms with van der Waals surface area (Å²) >= 11 is 0. The van der Waals surface area contributed by atoms with Crippen molar-refractivity contribution in [3.05, 3.63) is 22.9 Å². The van der Waals surface area contributed by atoms with Gasteiger partial charge in [-0.05, 0) is 25.0 Å². The Bertz CT molecular complexity index is 701. The van der Waals surface area contributed by atoms with Crippen LogP contribution < -0.4 is 10.2 Å². The van der Waals surface area contributed by atoms with Gasteiger partial charge in [0.15, 0.2) is 0 Å². The molecule has 1 amide bonds. The molecule has 8 heteroatoms. The van der Waals surface area contributed by atoms with Crippen molar-refractivity contribution < 1.29 is 13.2 Å². The highest BCUT2D eigenvalue weighted by Gasteiger charge is 2.25. The Balaban J connectivity index is 2.41. The molecule has 0 fully saturated rings. The molecule has 1 aromatic rings. The van der Waals surface area contributed by atoms with Crippen LogP contribution in [-0.4, -0.2) is 63.6 Å². The number of aromatic nitrogens is 1. The summed E-state index contributed by atoms with van der Waals surface area (Å²) in [6, 6.07) is 1.85. The number of rotatable bonds is 4. The number of nitrogens with one attached hydrogen (secondary N) is 1. The molecule has 23 heavy (non-hydrogen) atoms. The van der Waals surface area contributed by atoms with E-state index < -0.39 is 10.0 Å². The molecule has 1 aromatic heterocycles. The van der Waals surface area contributed by atoms with E-state index in [0.29, 0.717) is 37.3 Å². The van der Waals surface area contributed by atoms with Crippen LogP contribution in [-0.2, 0) is 22.9 Å². The smallest absolute Gasteiger partial charge is 0.254 e. The Kier molecular flexibility index (Phi) is 5.26. The Hall–Kier alpha value is -1.67. The third kappa shape index (κ3) is 3.64. The van der Waals surface area contributed by atoms with E-state index in [9.17, 15) is 13.2 Å². The predicted octanol–water partition coefficient (Wildman–Crippen LogP) is 0.258. The fraction of sp³-hybridized carbons (Fsp3) is 0.600. The molecule has 7 nitrogen and oxygen atoms in total. The summed E-state index contributed by atoms with van der Waals surface area (Å²) in [5.74, 6) is 0.518. The minimum atomic E-state index is -3.20. The standard InChI is InChI=1S/C15H24N4O3S/c1-5-23(21,22)19-8-6-11-10-12(15(20)16-2)14(18(3)4)17-13(11)7-9-19/h10H,5-9H2,1-4H3,(H,16,20). The zero-order valence-corrected chi connectivity index (χ0v) is 14.9. The van der Waals surface area contributed by atoms with Gasteiger partial charge in [-0.15, -0.1) is 0 Å². The fourth-order valence-corrected chi connectivity index (χ4v) is 3.81. The van der Waals surface area contributed by atoms with Crippen molar-refractivity contribution in [1.29, 1.82) is 0 Å². The van der Waals surface area contributed by atoms with Gasteiger partial charge in [-0.1, -0.05) is 0 Å². The lowest BCUT2D eigenvalue weighted by Crippen LogP contribution is -2.34. The first kappa shape index (κ1) is 17.7. The van der Waals surface area contributed by atoms with E-state index in [1.54, 1.807) is 18.9 Å². The molecule has 2 rings (SSSR count). The van der Waals surface area contributed by atoms with Gasteiger partial charge >= 0.3 is 0 Å². The maximum Gasteiger partial charge on any atom is 0.254 e. The lowest BCUT2D eigenvalue weighted by Gasteiger charge is -2.18. The van der Waals surface area contributed by atoms with Gasteiger partial charge in [0.25, 0.3) is 5.91 Å². The molecule has 0 unspecified atom stereocenters. The van der Waals surface area contributed by atoms with Gasteiger partial charge in [0, 0.05) is 46.3 Å². The van der Waals surface area contributed by atoms with Crippen molar-refractivity contribution in [2.75, 3.05) is 44.9 Å². The van der Waals surface area contributed by atoms with E-state index in [1.807, 2.05) is 20.2 Å². The van der Waals surface area contributed by atoms with E-state index in [-0.39, 0.29) is 11.7 Å². The third-order valence-electron chi connectivity index (χ3n) is 4.05. The zero-order valence-electron chi connectivity index (χ0n) is 14.1. The maximum atomic E-state index is 12.1. The number of fused-ring (bicyclic) bond motifs is 1. The molecule has 0 saturated heterocycles. The van der Waals surface area contributed by atoms with Gasteiger partial charge in [-0.25, -0.2) is 17.7 Å². The number of sulfonamides is 1. The first-order chi connectivity index (χ1) is 10.8. The van der Waals surface area contributed by atoms with Crippen molar-refractivity contribution in [2.45, 2.75) is 19.8 Å². The fourth-order valence-electron chi connectivity index (χ4n) is 2.71. The number of hydrogen-bond acceptors (Lipinski definition) is 5. The van der Waals surface area contributed by atoms with Crippen LogP contribution in [0.5, 0.6) is 0 Å². The van der Waals surface area contributed by atoms with Crippen molar-refractivity contribution in [3.63, 3.8) is 0 Å². The van der Waals surface area contributed by atoms with E-state index in [4.69, 9.17) is 0 Å². The highest BCUT2D eigenvalue weighted by molar-refractivity contribution is 7.89. The van der Waals surface area contributed by atoms with Crippen molar-refractivity contribution >= 4 is 21.7 Å². The SMILES string of the molecule is CCS(=O)(=O)N1CCc2cc(C(=O)NC)c(N(C)C)nc2CC1. The number of carbonyl (C=O) groups excluding carboxylic acids is 1. The number of carbonyl (C=O) groups is 1. The normalized spacial score (nSPS) is 15.7. The topological polar surface area (TPSA) is 82.6 Å². The van der Waals surface area contributed by atoms with Gasteiger partial charge in [0.05, 0.1) is 11.3 Å². The van der Waals surface area contributed by atoms with Crippen molar-refractivity contribution in [1.82, 2.24) is 14.6 Å². The molecule has 1 aliphatic heterocycles. The second-order valence-electron chi connectivity index (χ2n) is 5.74. The molecule has 0 spiro atoms. The number of nitrogens with zero attached hydrogens (tertiary/aromatic N) is 3. The molecule has 1 N–H and O–H groups in total. The van der Waals surface area contributed by atoms with Crippen molar-refractivity contribution in [2.24, 2.45) is 0 Å². The van der Waals surface area contributed by atoms with Gasteiger partial charge in [-0.3, -0.25) is 4.79 Å². The first-order valence-electron chi connectivity index (χ1n) is 7.70. The molecular formula is C15H24N4O3S. The third-order valence-corrected chi connectivity index (χ3v) is 5.93. The molecule has 128 valence electrons. The van der Waals surface area contributed by atoms with Gasteiger partial charge in [0.1, 0.15) is 5.82 Å². The molecule has 2 heterocycles. The molecule has 0 aromatic carbocycles. The lowest BCUT2D eigenvalue weighted by molar-refractivity contribution is 0.0963. The van der Waals surface area contributed by atoms with Gasteiger partial charge < -0.3 is 10.2 Å². The summed E-state index contributed by atoms with van der Waals surface area (Å²) < 4.78 is 25.7. The Labute approximate surface area is 137 Å². The largest absolute Gasteiger partial charge is 0.362 e. The molecule has 1 aliphatic rings. The van der Waals surface area contributed by atoms with Crippen LogP contribution in [0.25, 0.3) is 0 Å². The molecule has 0 saturated carbocycles. The van der Waals surface area contributed by atoms with Gasteiger partial charge in [-0.2, -0.15) is 0 Å². The first-order valence-corrected chi connectivity index (χ1v) is 9.31. The summed E-state index contributed by atoms with van der Waals surface area (Å²) in [5.41, 5.74) is 2.33. The molecular weight excluding hydrogens is 316 g/mol. The minimum Gasteiger partial charge on any atom is -0.362 e. The number of anilines is 1. The molecule has 0 atom stereocenters. The highest BCUT2D eigenvalue weighted by atomic mass is 32.2. The number of amides is 1. The minimum absolute atomic E-state index is 0.100. The van der Waals surface area contributed by atoms with Crippen LogP contribution in [0.3, 0.4) is 0 Å². The quantitative estimate of drug-likeness (QED) is 0.850. The summed E-state index contributed by atoms with van der Waals surface area (Å²) in [4.78, 5) is 18.5. The van der Waals surface area contributed by atoms with E-state index in [1.165, 1.54) is 4.31 Å². The van der Waals surface area contributed by atoms with Gasteiger partial charge in [0.2, 0.25) is 10.0 Å². The molecule has 0 aliphatic carbocycles. The second-order valence-corrected chi connectivity index (χ2v) is 8.00. The van der Waals surface area contributed by atoms with Crippen LogP contribution in [0.1, 0.15) is 28.5 Å². The molecule has 0 radical (unpaired) electrons. The summed E-state index contributed by atoms with van der Waals surface area (Å²) in [6.45, 7) is 2.52. The van der Waals surface area contributed by atoms with Crippen LogP contribution in [0.15, 0.2) is 6.07 Å². The second kappa shape index (κ2) is 6.84. The lowest BCUT2D eigenvalue weighted by atomic mass is 10.0. The Morgan fingerprint density at radius 1 is 1.35 bits per heavy atom. The van der Waals surface area contributed by atoms with Crippen LogP contribution in [0.2, 0.25) is 0 Å². The Morgan fingerprint density at radius 2 is 2.00 bits per heavy atom. The van der Waals surface area contributed by atoms with Crippen LogP contribution in [0.4, 0.5) is 5.82 Å². The molecule has 0 bridgehead atoms.